The molecule has 174 valence electrons. The minimum Gasteiger partial charge on any atom is -0.505 e. The van der Waals surface area contributed by atoms with Crippen LogP contribution < -0.4 is 20.7 Å². The van der Waals surface area contributed by atoms with Crippen LogP contribution in [-0.2, 0) is 6.54 Å². The molecule has 0 saturated carbocycles. The lowest BCUT2D eigenvalue weighted by Crippen LogP contribution is -2.22. The minimum absolute atomic E-state index is 0.00874. The zero-order chi connectivity index (χ0) is 24.1. The van der Waals surface area contributed by atoms with E-state index in [4.69, 9.17) is 25.5 Å². The molecule has 0 bridgehead atoms. The maximum absolute atomic E-state index is 13.8. The molecular weight excluding hydrogens is 490 g/mol. The first-order valence-corrected chi connectivity index (χ1v) is 11.8. The molecule has 6 rings (SSSR count). The third-order valence-corrected chi connectivity index (χ3v) is 7.03. The van der Waals surface area contributed by atoms with Crippen LogP contribution in [0.15, 0.2) is 90.5 Å². The van der Waals surface area contributed by atoms with E-state index in [9.17, 15) is 14.7 Å². The second-order valence-corrected chi connectivity index (χ2v) is 9.45. The third kappa shape index (κ3) is 3.71. The van der Waals surface area contributed by atoms with Gasteiger partial charge in [-0.2, -0.15) is 0 Å². The maximum atomic E-state index is 13.8. The summed E-state index contributed by atoms with van der Waals surface area (Å²) in [4.78, 5) is 27.3. The van der Waals surface area contributed by atoms with Gasteiger partial charge in [0.1, 0.15) is 10.3 Å². The van der Waals surface area contributed by atoms with Crippen molar-refractivity contribution in [3.63, 3.8) is 0 Å². The molecule has 3 aromatic carbocycles. The number of pyridine rings is 1. The van der Waals surface area contributed by atoms with Crippen LogP contribution in [0.1, 0.15) is 5.56 Å². The Morgan fingerprint density at radius 1 is 0.971 bits per heavy atom. The van der Waals surface area contributed by atoms with Crippen LogP contribution in [0.3, 0.4) is 0 Å². The van der Waals surface area contributed by atoms with Crippen LogP contribution in [0.4, 0.5) is 0 Å². The Bertz CT molecular complexity index is 1750. The molecule has 1 aliphatic rings. The zero-order valence-corrected chi connectivity index (χ0v) is 19.6. The molecule has 35 heavy (non-hydrogen) atoms. The number of fused-ring (bicyclic) bond motifs is 4. The normalized spacial score (nSPS) is 12.5. The lowest BCUT2D eigenvalue weighted by molar-refractivity contribution is 0.174. The van der Waals surface area contributed by atoms with Crippen LogP contribution >= 0.6 is 23.4 Å². The molecule has 0 saturated heterocycles. The first kappa shape index (κ1) is 21.6. The summed E-state index contributed by atoms with van der Waals surface area (Å²) in [6.07, 6.45) is 0. The molecule has 2 aromatic heterocycles. The molecule has 0 radical (unpaired) electrons. The van der Waals surface area contributed by atoms with E-state index >= 15 is 0 Å². The Morgan fingerprint density at radius 3 is 2.51 bits per heavy atom. The largest absolute Gasteiger partial charge is 0.505 e. The second-order valence-electron chi connectivity index (χ2n) is 7.93. The van der Waals surface area contributed by atoms with Crippen molar-refractivity contribution in [2.24, 2.45) is 0 Å². The van der Waals surface area contributed by atoms with E-state index < -0.39 is 16.9 Å². The van der Waals surface area contributed by atoms with Crippen LogP contribution in [0, 0.1) is 0 Å². The Hall–Kier alpha value is -3.88. The second kappa shape index (κ2) is 8.41. The number of aromatic hydroxyl groups is 1. The molecule has 9 heteroatoms. The van der Waals surface area contributed by atoms with Gasteiger partial charge in [-0.1, -0.05) is 59.8 Å². The van der Waals surface area contributed by atoms with E-state index in [1.54, 1.807) is 36.4 Å². The predicted molar refractivity (Wildman–Crippen MR) is 133 cm³/mol. The van der Waals surface area contributed by atoms with Crippen molar-refractivity contribution in [2.45, 2.75) is 16.3 Å². The lowest BCUT2D eigenvalue weighted by Gasteiger charge is -2.15. The van der Waals surface area contributed by atoms with Gasteiger partial charge in [0.2, 0.25) is 6.79 Å². The fourth-order valence-electron chi connectivity index (χ4n) is 4.14. The Morgan fingerprint density at radius 2 is 1.74 bits per heavy atom. The van der Waals surface area contributed by atoms with Crippen molar-refractivity contribution in [1.82, 2.24) is 4.57 Å². The third-order valence-electron chi connectivity index (χ3n) is 5.74. The molecule has 0 fully saturated rings. The number of rotatable bonds is 4. The molecule has 5 aromatic rings. The van der Waals surface area contributed by atoms with Crippen LogP contribution in [-0.4, -0.2) is 16.5 Å². The minimum atomic E-state index is -0.765. The van der Waals surface area contributed by atoms with E-state index in [-0.39, 0.29) is 29.2 Å². The molecule has 0 atom stereocenters. The topological polar surface area (TPSA) is 90.9 Å². The highest BCUT2D eigenvalue weighted by atomic mass is 35.5. The lowest BCUT2D eigenvalue weighted by atomic mass is 10.1. The zero-order valence-electron chi connectivity index (χ0n) is 18.0. The highest BCUT2D eigenvalue weighted by Gasteiger charge is 2.25. The van der Waals surface area contributed by atoms with Crippen LogP contribution in [0.2, 0.25) is 5.02 Å². The highest BCUT2D eigenvalue weighted by molar-refractivity contribution is 7.99. The van der Waals surface area contributed by atoms with Gasteiger partial charge in [-0.15, -0.1) is 0 Å². The van der Waals surface area contributed by atoms with Crippen molar-refractivity contribution in [2.75, 3.05) is 6.79 Å². The molecule has 0 unspecified atom stereocenters. The number of aromatic nitrogens is 1. The summed E-state index contributed by atoms with van der Waals surface area (Å²) >= 11 is 7.05. The summed E-state index contributed by atoms with van der Waals surface area (Å²) in [5.41, 5.74) is 0.112. The summed E-state index contributed by atoms with van der Waals surface area (Å²) in [5, 5.41) is 12.0. The van der Waals surface area contributed by atoms with Crippen LogP contribution in [0.25, 0.3) is 21.9 Å². The summed E-state index contributed by atoms with van der Waals surface area (Å²) in [6, 6.07) is 19.6. The number of ether oxygens (including phenoxy) is 2. The number of nitrogens with zero attached hydrogens (tertiary/aromatic N) is 1. The monoisotopic (exact) mass is 505 g/mol. The van der Waals surface area contributed by atoms with E-state index in [1.165, 1.54) is 4.57 Å². The Balaban J connectivity index is 1.65. The fraction of sp³-hybridized carbons (Fsp3) is 0.0769. The standard InChI is InChI=1S/C26H16ClNO6S/c27-15-7-4-8-16(9-15)35-24-22(29)21-23(34-26(24)31)17-10-19-20(33-13-32-19)11-18(17)28(25(21)30)12-14-5-2-1-3-6-14/h1-11,29H,12-13H2. The number of benzene rings is 3. The fourth-order valence-corrected chi connectivity index (χ4v) is 5.28. The van der Waals surface area contributed by atoms with Gasteiger partial charge in [0, 0.05) is 21.4 Å². The maximum Gasteiger partial charge on any atom is 0.354 e. The van der Waals surface area contributed by atoms with Gasteiger partial charge in [0.15, 0.2) is 22.8 Å². The number of halogens is 1. The van der Waals surface area contributed by atoms with Gasteiger partial charge in [0.05, 0.1) is 12.1 Å². The molecule has 1 N–H and O–H groups in total. The summed E-state index contributed by atoms with van der Waals surface area (Å²) in [5.74, 6) is 0.508. The van der Waals surface area contributed by atoms with Crippen LogP contribution in [0.5, 0.6) is 17.2 Å². The molecule has 3 heterocycles. The van der Waals surface area contributed by atoms with Crippen molar-refractivity contribution < 1.29 is 19.0 Å². The Labute approximate surface area is 207 Å². The highest BCUT2D eigenvalue weighted by Crippen LogP contribution is 2.41. The van der Waals surface area contributed by atoms with Gasteiger partial charge in [0.25, 0.3) is 5.56 Å². The molecule has 0 amide bonds. The molecule has 7 nitrogen and oxygen atoms in total. The molecule has 0 aliphatic carbocycles. The summed E-state index contributed by atoms with van der Waals surface area (Å²) in [6.45, 7) is 0.281. The van der Waals surface area contributed by atoms with Gasteiger partial charge in [-0.3, -0.25) is 4.79 Å². The molecular formula is C26H16ClNO6S. The van der Waals surface area contributed by atoms with E-state index in [1.807, 2.05) is 30.3 Å². The number of hydrogen-bond donors (Lipinski definition) is 1. The number of hydrogen-bond acceptors (Lipinski definition) is 7. The summed E-state index contributed by atoms with van der Waals surface area (Å²) < 4.78 is 18.2. The first-order chi connectivity index (χ1) is 17.0. The Kier molecular flexibility index (Phi) is 5.20. The molecule has 0 spiro atoms. The van der Waals surface area contributed by atoms with Crippen molar-refractivity contribution in [3.8, 4) is 17.2 Å². The average molecular weight is 506 g/mol. The van der Waals surface area contributed by atoms with Crippen molar-refractivity contribution >= 4 is 45.2 Å². The smallest absolute Gasteiger partial charge is 0.354 e. The van der Waals surface area contributed by atoms with Gasteiger partial charge < -0.3 is 23.6 Å². The van der Waals surface area contributed by atoms with Gasteiger partial charge in [-0.25, -0.2) is 4.79 Å². The SMILES string of the molecule is O=c1oc2c(c(O)c1Sc1cccc(Cl)c1)c(=O)n(Cc1ccccc1)c1cc3c(cc21)OCO3. The van der Waals surface area contributed by atoms with E-state index in [0.717, 1.165) is 17.3 Å². The van der Waals surface area contributed by atoms with E-state index in [2.05, 4.69) is 0 Å². The first-order valence-electron chi connectivity index (χ1n) is 10.6. The quantitative estimate of drug-likeness (QED) is 0.327. The van der Waals surface area contributed by atoms with Gasteiger partial charge >= 0.3 is 5.63 Å². The average Bonchev–Trinajstić information content (AvgIpc) is 3.31. The van der Waals surface area contributed by atoms with Crippen molar-refractivity contribution in [3.05, 3.63) is 98.1 Å². The van der Waals surface area contributed by atoms with Crippen molar-refractivity contribution in [1.29, 1.82) is 0 Å². The summed E-state index contributed by atoms with van der Waals surface area (Å²) in [7, 11) is 0. The van der Waals surface area contributed by atoms with E-state index in [0.29, 0.717) is 32.3 Å². The van der Waals surface area contributed by atoms with Gasteiger partial charge in [-0.05, 0) is 29.8 Å². The predicted octanol–water partition coefficient (Wildman–Crippen LogP) is 5.40. The molecule has 1 aliphatic heterocycles.